The zero-order valence-electron chi connectivity index (χ0n) is 5.29. The van der Waals surface area contributed by atoms with Gasteiger partial charge < -0.3 is 3.79 Å². The molecule has 0 N–H and O–H groups in total. The van der Waals surface area contributed by atoms with Crippen LogP contribution in [0.4, 0.5) is 0 Å². The van der Waals surface area contributed by atoms with Crippen LogP contribution in [0.15, 0.2) is 24.3 Å². The highest BCUT2D eigenvalue weighted by Crippen LogP contribution is 2.09. The molecule has 0 saturated heterocycles. The van der Waals surface area contributed by atoms with E-state index in [1.807, 2.05) is 31.2 Å². The van der Waals surface area contributed by atoms with E-state index >= 15 is 0 Å². The first-order valence-corrected chi connectivity index (χ1v) is 3.23. The van der Waals surface area contributed by atoms with Gasteiger partial charge in [0.2, 0.25) is 0 Å². The minimum Gasteiger partial charge on any atom is -0.654 e. The summed E-state index contributed by atoms with van der Waals surface area (Å²) in [6.45, 7) is 2.05. The maximum Gasteiger partial charge on any atom is 0.482 e. The van der Waals surface area contributed by atoms with E-state index in [2.05, 4.69) is 16.6 Å². The molecule has 0 aliphatic rings. The van der Waals surface area contributed by atoms with Gasteiger partial charge in [0.15, 0.2) is 0 Å². The zero-order valence-corrected chi connectivity index (χ0v) is 6.45. The quantitative estimate of drug-likeness (QED) is 0.528. The SMILES string of the molecule is Cc1ccc([O][Al])cc1. The molecule has 0 amide bonds. The van der Waals surface area contributed by atoms with E-state index in [1.54, 1.807) is 0 Å². The third-order valence-corrected chi connectivity index (χ3v) is 1.43. The zero-order chi connectivity index (χ0) is 6.69. The normalized spacial score (nSPS) is 9.00. The van der Waals surface area contributed by atoms with Crippen LogP contribution in [-0.4, -0.2) is 16.6 Å². The fourth-order valence-electron chi connectivity index (χ4n) is 0.617. The molecular formula is C7H7AlO. The van der Waals surface area contributed by atoms with Crippen molar-refractivity contribution >= 4 is 16.6 Å². The van der Waals surface area contributed by atoms with Crippen LogP contribution in [0.3, 0.4) is 0 Å². The van der Waals surface area contributed by atoms with Gasteiger partial charge in [-0.15, -0.1) is 0 Å². The highest BCUT2D eigenvalue weighted by molar-refractivity contribution is 5.99. The number of aryl methyl sites for hydroxylation is 1. The Bertz CT molecular complexity index is 181. The lowest BCUT2D eigenvalue weighted by atomic mass is 10.2. The number of hydrogen-bond donors (Lipinski definition) is 0. The van der Waals surface area contributed by atoms with E-state index in [-0.39, 0.29) is 0 Å². The van der Waals surface area contributed by atoms with Crippen LogP contribution in [0.2, 0.25) is 0 Å². The summed E-state index contributed by atoms with van der Waals surface area (Å²) < 4.78 is 4.89. The molecule has 1 aromatic carbocycles. The van der Waals surface area contributed by atoms with E-state index in [4.69, 9.17) is 3.79 Å². The van der Waals surface area contributed by atoms with Gasteiger partial charge in [-0.25, -0.2) is 0 Å². The average Bonchev–Trinajstić information content (AvgIpc) is 1.90. The lowest BCUT2D eigenvalue weighted by molar-refractivity contribution is 0.616. The van der Waals surface area contributed by atoms with Crippen molar-refractivity contribution < 1.29 is 3.79 Å². The fourth-order valence-corrected chi connectivity index (χ4v) is 0.774. The Morgan fingerprint density at radius 2 is 1.78 bits per heavy atom. The van der Waals surface area contributed by atoms with Gasteiger partial charge in [-0.2, -0.15) is 0 Å². The molecule has 0 bridgehead atoms. The second kappa shape index (κ2) is 2.91. The average molecular weight is 134 g/mol. The van der Waals surface area contributed by atoms with Gasteiger partial charge in [0.05, 0.1) is 5.75 Å². The summed E-state index contributed by atoms with van der Waals surface area (Å²) in [4.78, 5) is 0. The van der Waals surface area contributed by atoms with Crippen molar-refractivity contribution in [2.45, 2.75) is 6.92 Å². The number of rotatable bonds is 1. The highest BCUT2D eigenvalue weighted by atomic mass is 27.1. The van der Waals surface area contributed by atoms with Crippen molar-refractivity contribution in [3.05, 3.63) is 29.8 Å². The smallest absolute Gasteiger partial charge is 0.482 e. The summed E-state index contributed by atoms with van der Waals surface area (Å²) in [7, 11) is 0. The van der Waals surface area contributed by atoms with Crippen molar-refractivity contribution in [3.63, 3.8) is 0 Å². The molecule has 0 aromatic heterocycles. The molecule has 0 fully saturated rings. The molecule has 2 radical (unpaired) electrons. The molecule has 1 aromatic rings. The van der Waals surface area contributed by atoms with Crippen molar-refractivity contribution in [1.82, 2.24) is 0 Å². The van der Waals surface area contributed by atoms with E-state index in [0.29, 0.717) is 0 Å². The fraction of sp³-hybridized carbons (Fsp3) is 0.143. The van der Waals surface area contributed by atoms with Gasteiger partial charge >= 0.3 is 16.6 Å². The van der Waals surface area contributed by atoms with Crippen LogP contribution < -0.4 is 3.79 Å². The summed E-state index contributed by atoms with van der Waals surface area (Å²) in [5.74, 6) is 0.880. The van der Waals surface area contributed by atoms with Gasteiger partial charge in [0, 0.05) is 0 Å². The number of benzene rings is 1. The van der Waals surface area contributed by atoms with Crippen LogP contribution in [0.1, 0.15) is 5.56 Å². The van der Waals surface area contributed by atoms with E-state index in [1.165, 1.54) is 5.56 Å². The van der Waals surface area contributed by atoms with Crippen molar-refractivity contribution in [2.75, 3.05) is 0 Å². The van der Waals surface area contributed by atoms with Crippen molar-refractivity contribution in [2.24, 2.45) is 0 Å². The summed E-state index contributed by atoms with van der Waals surface area (Å²) in [6, 6.07) is 7.89. The van der Waals surface area contributed by atoms with E-state index in [0.717, 1.165) is 5.75 Å². The molecule has 0 aliphatic carbocycles. The molecule has 1 nitrogen and oxygen atoms in total. The third-order valence-electron chi connectivity index (χ3n) is 1.16. The lowest BCUT2D eigenvalue weighted by Crippen LogP contribution is -1.83. The first-order valence-electron chi connectivity index (χ1n) is 2.76. The Balaban J connectivity index is 2.88. The Labute approximate surface area is 63.4 Å². The van der Waals surface area contributed by atoms with Crippen LogP contribution in [0.25, 0.3) is 0 Å². The van der Waals surface area contributed by atoms with Crippen LogP contribution in [0.5, 0.6) is 5.75 Å². The summed E-state index contributed by atoms with van der Waals surface area (Å²) in [6.07, 6.45) is 0. The Morgan fingerprint density at radius 1 is 1.22 bits per heavy atom. The predicted octanol–water partition coefficient (Wildman–Crippen LogP) is 1.46. The Hall–Kier alpha value is -0.448. The second-order valence-electron chi connectivity index (χ2n) is 1.93. The first kappa shape index (κ1) is 6.67. The summed E-state index contributed by atoms with van der Waals surface area (Å²) in [5, 5.41) is 0. The standard InChI is InChI=1S/C7H8O.Al/c1-6-2-4-7(8)5-3-6;/h2-5,8H,1H3;/q;+1/p-1. The van der Waals surface area contributed by atoms with E-state index in [9.17, 15) is 0 Å². The van der Waals surface area contributed by atoms with E-state index < -0.39 is 0 Å². The van der Waals surface area contributed by atoms with Gasteiger partial charge in [0.25, 0.3) is 0 Å². The molecule has 0 spiro atoms. The molecule has 1 rings (SSSR count). The van der Waals surface area contributed by atoms with Crippen LogP contribution >= 0.6 is 0 Å². The molecule has 2 heteroatoms. The molecule has 0 atom stereocenters. The molecule has 0 heterocycles. The van der Waals surface area contributed by atoms with Gasteiger partial charge in [-0.05, 0) is 19.1 Å². The monoisotopic (exact) mass is 134 g/mol. The Kier molecular flexibility index (Phi) is 2.16. The molecule has 0 unspecified atom stereocenters. The van der Waals surface area contributed by atoms with Crippen molar-refractivity contribution in [3.8, 4) is 5.75 Å². The molecule has 9 heavy (non-hydrogen) atoms. The predicted molar refractivity (Wildman–Crippen MR) is 37.6 cm³/mol. The van der Waals surface area contributed by atoms with Crippen LogP contribution in [0, 0.1) is 6.92 Å². The molecular weight excluding hydrogens is 127 g/mol. The molecule has 44 valence electrons. The van der Waals surface area contributed by atoms with Gasteiger partial charge in [-0.3, -0.25) is 0 Å². The minimum absolute atomic E-state index is 0.880. The van der Waals surface area contributed by atoms with Gasteiger partial charge in [-0.1, -0.05) is 17.7 Å². The second-order valence-corrected chi connectivity index (χ2v) is 2.17. The summed E-state index contributed by atoms with van der Waals surface area (Å²) >= 11 is 2.21. The largest absolute Gasteiger partial charge is 0.654 e. The topological polar surface area (TPSA) is 9.23 Å². The summed E-state index contributed by atoms with van der Waals surface area (Å²) in [5.41, 5.74) is 1.25. The number of hydrogen-bond acceptors (Lipinski definition) is 1. The van der Waals surface area contributed by atoms with Crippen LogP contribution in [-0.2, 0) is 0 Å². The van der Waals surface area contributed by atoms with Crippen molar-refractivity contribution in [1.29, 1.82) is 0 Å². The van der Waals surface area contributed by atoms with Gasteiger partial charge in [0.1, 0.15) is 0 Å². The lowest BCUT2D eigenvalue weighted by Gasteiger charge is -2.00. The highest BCUT2D eigenvalue weighted by Gasteiger charge is 1.84. The minimum atomic E-state index is 0.880. The first-order chi connectivity index (χ1) is 4.33. The maximum absolute atomic E-state index is 4.89. The molecule has 0 aliphatic heterocycles. The molecule has 0 saturated carbocycles. The Morgan fingerprint density at radius 3 is 2.22 bits per heavy atom. The maximum atomic E-state index is 4.89. The third kappa shape index (κ3) is 1.74.